The van der Waals surface area contributed by atoms with Crippen LogP contribution in [-0.4, -0.2) is 27.3 Å². The maximum absolute atomic E-state index is 13.7. The third-order valence-electron chi connectivity index (χ3n) is 4.80. The second kappa shape index (κ2) is 7.80. The van der Waals surface area contributed by atoms with E-state index in [1.165, 1.54) is 12.1 Å². The van der Waals surface area contributed by atoms with Gasteiger partial charge in [-0.05, 0) is 56.2 Å². The maximum Gasteiger partial charge on any atom is 0.336 e. The minimum absolute atomic E-state index is 0.0684. The number of benzene rings is 2. The standard InChI is InChI=1S/C21H21FN4O2/c1-2-28-21-24-19(15-7-4-8-16(22)13-15)26(25-21)18-11-9-17(10-12-18)23-20(27)14-5-3-6-14/h4,7-14H,2-3,5-6H2,1H3,(H,23,27). The number of carbonyl (C=O) groups excluding carboxylic acids is 1. The van der Waals surface area contributed by atoms with Crippen molar-refractivity contribution < 1.29 is 13.9 Å². The number of hydrogen-bond donors (Lipinski definition) is 1. The second-order valence-corrected chi connectivity index (χ2v) is 6.74. The molecule has 1 saturated carbocycles. The van der Waals surface area contributed by atoms with Crippen LogP contribution in [0.1, 0.15) is 26.2 Å². The Morgan fingerprint density at radius 1 is 1.25 bits per heavy atom. The van der Waals surface area contributed by atoms with Gasteiger partial charge in [-0.25, -0.2) is 9.07 Å². The van der Waals surface area contributed by atoms with Gasteiger partial charge in [0.25, 0.3) is 0 Å². The van der Waals surface area contributed by atoms with Crippen LogP contribution < -0.4 is 10.1 Å². The van der Waals surface area contributed by atoms with E-state index in [-0.39, 0.29) is 23.7 Å². The van der Waals surface area contributed by atoms with Gasteiger partial charge in [0.1, 0.15) is 5.82 Å². The summed E-state index contributed by atoms with van der Waals surface area (Å²) in [5.41, 5.74) is 2.07. The predicted molar refractivity (Wildman–Crippen MR) is 104 cm³/mol. The van der Waals surface area contributed by atoms with Crippen LogP contribution in [0.15, 0.2) is 48.5 Å². The van der Waals surface area contributed by atoms with Crippen LogP contribution in [0.5, 0.6) is 6.01 Å². The lowest BCUT2D eigenvalue weighted by molar-refractivity contribution is -0.122. The summed E-state index contributed by atoms with van der Waals surface area (Å²) in [6, 6.07) is 13.7. The molecule has 4 rings (SSSR count). The van der Waals surface area contributed by atoms with E-state index in [0.717, 1.165) is 30.6 Å². The molecule has 2 aromatic carbocycles. The van der Waals surface area contributed by atoms with E-state index < -0.39 is 0 Å². The molecule has 1 amide bonds. The Morgan fingerprint density at radius 3 is 2.68 bits per heavy atom. The Kier molecular flexibility index (Phi) is 5.06. The first-order valence-corrected chi connectivity index (χ1v) is 9.41. The summed E-state index contributed by atoms with van der Waals surface area (Å²) in [5.74, 6) is 0.329. The van der Waals surface area contributed by atoms with Crippen LogP contribution >= 0.6 is 0 Å². The highest BCUT2D eigenvalue weighted by Crippen LogP contribution is 2.28. The maximum atomic E-state index is 13.7. The predicted octanol–water partition coefficient (Wildman–Crippen LogP) is 4.21. The molecule has 1 N–H and O–H groups in total. The van der Waals surface area contributed by atoms with Crippen molar-refractivity contribution in [1.82, 2.24) is 14.8 Å². The van der Waals surface area contributed by atoms with Crippen LogP contribution in [0.3, 0.4) is 0 Å². The van der Waals surface area contributed by atoms with E-state index in [1.807, 2.05) is 31.2 Å². The number of aromatic nitrogens is 3. The number of amides is 1. The van der Waals surface area contributed by atoms with Gasteiger partial charge in [0.2, 0.25) is 5.91 Å². The molecule has 28 heavy (non-hydrogen) atoms. The van der Waals surface area contributed by atoms with Gasteiger partial charge in [0, 0.05) is 17.2 Å². The van der Waals surface area contributed by atoms with Gasteiger partial charge in [0.05, 0.1) is 12.3 Å². The zero-order valence-electron chi connectivity index (χ0n) is 15.6. The van der Waals surface area contributed by atoms with E-state index in [9.17, 15) is 9.18 Å². The average Bonchev–Trinajstić information content (AvgIpc) is 3.05. The first-order chi connectivity index (χ1) is 13.6. The highest BCUT2D eigenvalue weighted by atomic mass is 19.1. The quantitative estimate of drug-likeness (QED) is 0.695. The van der Waals surface area contributed by atoms with Crippen molar-refractivity contribution >= 4 is 11.6 Å². The van der Waals surface area contributed by atoms with Crippen LogP contribution in [0.25, 0.3) is 17.1 Å². The van der Waals surface area contributed by atoms with Crippen molar-refractivity contribution in [2.45, 2.75) is 26.2 Å². The Hall–Kier alpha value is -3.22. The number of rotatable bonds is 6. The third-order valence-corrected chi connectivity index (χ3v) is 4.80. The topological polar surface area (TPSA) is 69.0 Å². The molecule has 7 heteroatoms. The molecule has 1 aromatic heterocycles. The van der Waals surface area contributed by atoms with Crippen molar-refractivity contribution in [2.24, 2.45) is 5.92 Å². The minimum atomic E-state index is -0.348. The summed E-state index contributed by atoms with van der Waals surface area (Å²) in [4.78, 5) is 16.5. The van der Waals surface area contributed by atoms with Crippen LogP contribution in [0.2, 0.25) is 0 Å². The van der Waals surface area contributed by atoms with E-state index in [4.69, 9.17) is 4.74 Å². The summed E-state index contributed by atoms with van der Waals surface area (Å²) in [6.07, 6.45) is 3.04. The van der Waals surface area contributed by atoms with Gasteiger partial charge >= 0.3 is 6.01 Å². The zero-order chi connectivity index (χ0) is 19.5. The Labute approximate surface area is 162 Å². The number of hydrogen-bond acceptors (Lipinski definition) is 4. The van der Waals surface area contributed by atoms with Crippen LogP contribution in [-0.2, 0) is 4.79 Å². The number of ether oxygens (including phenoxy) is 1. The molecule has 6 nitrogen and oxygen atoms in total. The molecule has 0 spiro atoms. The van der Waals surface area contributed by atoms with Crippen LogP contribution in [0, 0.1) is 11.7 Å². The molecule has 0 radical (unpaired) electrons. The minimum Gasteiger partial charge on any atom is -0.463 e. The summed E-state index contributed by atoms with van der Waals surface area (Å²) in [7, 11) is 0. The molecule has 1 fully saturated rings. The van der Waals surface area contributed by atoms with Crippen molar-refractivity contribution in [3.63, 3.8) is 0 Å². The summed E-state index contributed by atoms with van der Waals surface area (Å²) >= 11 is 0. The van der Waals surface area contributed by atoms with E-state index >= 15 is 0 Å². The van der Waals surface area contributed by atoms with Crippen LogP contribution in [0.4, 0.5) is 10.1 Å². The first kappa shape index (κ1) is 18.2. The highest BCUT2D eigenvalue weighted by Gasteiger charge is 2.25. The van der Waals surface area contributed by atoms with E-state index in [2.05, 4.69) is 15.4 Å². The van der Waals surface area contributed by atoms with Crippen molar-refractivity contribution in [3.8, 4) is 23.1 Å². The summed E-state index contributed by atoms with van der Waals surface area (Å²) < 4.78 is 20.7. The lowest BCUT2D eigenvalue weighted by Crippen LogP contribution is -2.27. The van der Waals surface area contributed by atoms with Gasteiger partial charge in [-0.15, -0.1) is 5.10 Å². The fourth-order valence-corrected chi connectivity index (χ4v) is 3.08. The average molecular weight is 380 g/mol. The molecule has 1 aliphatic rings. The van der Waals surface area contributed by atoms with Gasteiger partial charge in [0.15, 0.2) is 5.82 Å². The summed E-state index contributed by atoms with van der Waals surface area (Å²) in [5, 5.41) is 7.33. The molecular weight excluding hydrogens is 359 g/mol. The van der Waals surface area contributed by atoms with Gasteiger partial charge < -0.3 is 10.1 Å². The molecule has 0 atom stereocenters. The molecule has 1 aliphatic carbocycles. The Bertz CT molecular complexity index is 980. The molecule has 144 valence electrons. The summed E-state index contributed by atoms with van der Waals surface area (Å²) in [6.45, 7) is 2.28. The fraction of sp³-hybridized carbons (Fsp3) is 0.286. The lowest BCUT2D eigenvalue weighted by Gasteiger charge is -2.24. The number of anilines is 1. The molecule has 0 bridgehead atoms. The molecule has 0 saturated heterocycles. The van der Waals surface area contributed by atoms with Crippen molar-refractivity contribution in [1.29, 1.82) is 0 Å². The van der Waals surface area contributed by atoms with Gasteiger partial charge in [-0.3, -0.25) is 4.79 Å². The first-order valence-electron chi connectivity index (χ1n) is 9.41. The third kappa shape index (κ3) is 3.74. The largest absolute Gasteiger partial charge is 0.463 e. The van der Waals surface area contributed by atoms with E-state index in [1.54, 1.807) is 16.8 Å². The second-order valence-electron chi connectivity index (χ2n) is 6.74. The molecule has 1 heterocycles. The number of nitrogens with one attached hydrogen (secondary N) is 1. The molecule has 0 unspecified atom stereocenters. The number of nitrogens with zero attached hydrogens (tertiary/aromatic N) is 3. The van der Waals surface area contributed by atoms with Gasteiger partial charge in [-0.1, -0.05) is 18.6 Å². The Morgan fingerprint density at radius 2 is 2.04 bits per heavy atom. The smallest absolute Gasteiger partial charge is 0.336 e. The monoisotopic (exact) mass is 380 g/mol. The molecule has 0 aliphatic heterocycles. The SMILES string of the molecule is CCOc1nc(-c2cccc(F)c2)n(-c2ccc(NC(=O)C3CCC3)cc2)n1. The van der Waals surface area contributed by atoms with Crippen molar-refractivity contribution in [2.75, 3.05) is 11.9 Å². The van der Waals surface area contributed by atoms with Gasteiger partial charge in [-0.2, -0.15) is 4.98 Å². The fourth-order valence-electron chi connectivity index (χ4n) is 3.08. The Balaban J connectivity index is 1.63. The number of carbonyl (C=O) groups is 1. The van der Waals surface area contributed by atoms with Crippen molar-refractivity contribution in [3.05, 3.63) is 54.3 Å². The number of halogens is 1. The lowest BCUT2D eigenvalue weighted by atomic mass is 9.85. The highest BCUT2D eigenvalue weighted by molar-refractivity contribution is 5.93. The molecule has 3 aromatic rings. The van der Waals surface area contributed by atoms with E-state index in [0.29, 0.717) is 18.0 Å². The molecular formula is C21H21FN4O2. The zero-order valence-corrected chi connectivity index (χ0v) is 15.6. The normalized spacial score (nSPS) is 13.8.